The summed E-state index contributed by atoms with van der Waals surface area (Å²) in [5.41, 5.74) is 1.01. The van der Waals surface area contributed by atoms with Crippen LogP contribution in [0.1, 0.15) is 37.8 Å². The van der Waals surface area contributed by atoms with Crippen molar-refractivity contribution in [3.05, 3.63) is 35.4 Å². The maximum absolute atomic E-state index is 10.5. The summed E-state index contributed by atoms with van der Waals surface area (Å²) >= 11 is 0. The molecule has 2 heteroatoms. The monoisotopic (exact) mass is 220 g/mol. The number of hydrogen-bond donors (Lipinski definition) is 2. The molecule has 0 bridgehead atoms. The van der Waals surface area contributed by atoms with E-state index >= 15 is 0 Å². The summed E-state index contributed by atoms with van der Waals surface area (Å²) in [5, 5.41) is 20.3. The van der Waals surface area contributed by atoms with Crippen molar-refractivity contribution in [3.63, 3.8) is 0 Å². The first kappa shape index (κ1) is 11.6. The third-order valence-corrected chi connectivity index (χ3v) is 3.26. The van der Waals surface area contributed by atoms with Crippen molar-refractivity contribution in [1.29, 1.82) is 0 Å². The number of benzene rings is 1. The predicted octanol–water partition coefficient (Wildman–Crippen LogP) is 2.07. The van der Waals surface area contributed by atoms with Crippen LogP contribution in [-0.2, 0) is 12.8 Å². The van der Waals surface area contributed by atoms with Gasteiger partial charge in [-0.15, -0.1) is 0 Å². The van der Waals surface area contributed by atoms with E-state index < -0.39 is 11.2 Å². The Labute approximate surface area is 96.9 Å². The number of hydrogen-bond acceptors (Lipinski definition) is 2. The first-order valence-electron chi connectivity index (χ1n) is 5.90. The first-order chi connectivity index (χ1) is 7.38. The van der Waals surface area contributed by atoms with E-state index in [0.717, 1.165) is 12.8 Å². The van der Waals surface area contributed by atoms with Crippen molar-refractivity contribution >= 4 is 0 Å². The molecule has 0 unspecified atom stereocenters. The highest BCUT2D eigenvalue weighted by Crippen LogP contribution is 2.34. The molecular formula is C14H20O2. The Balaban J connectivity index is 2.18. The minimum absolute atomic E-state index is 0.439. The van der Waals surface area contributed by atoms with Crippen LogP contribution in [0.2, 0.25) is 0 Å². The van der Waals surface area contributed by atoms with Crippen LogP contribution in [0.5, 0.6) is 0 Å². The van der Waals surface area contributed by atoms with Gasteiger partial charge in [-0.2, -0.15) is 0 Å². The molecule has 2 N–H and O–H groups in total. The van der Waals surface area contributed by atoms with Crippen molar-refractivity contribution in [2.45, 2.75) is 50.7 Å². The van der Waals surface area contributed by atoms with Gasteiger partial charge in [-0.3, -0.25) is 0 Å². The van der Waals surface area contributed by atoms with Crippen LogP contribution in [0.4, 0.5) is 0 Å². The molecule has 0 spiro atoms. The Kier molecular flexibility index (Phi) is 2.81. The van der Waals surface area contributed by atoms with Gasteiger partial charge in [-0.25, -0.2) is 0 Å². The van der Waals surface area contributed by atoms with E-state index in [9.17, 15) is 10.2 Å². The fourth-order valence-electron chi connectivity index (χ4n) is 2.74. The van der Waals surface area contributed by atoms with E-state index in [0.29, 0.717) is 12.8 Å². The molecule has 1 atom stereocenters. The quantitative estimate of drug-likeness (QED) is 0.801. The van der Waals surface area contributed by atoms with Gasteiger partial charge >= 0.3 is 0 Å². The van der Waals surface area contributed by atoms with Gasteiger partial charge in [0, 0.05) is 12.8 Å². The fourth-order valence-corrected chi connectivity index (χ4v) is 2.74. The molecule has 0 amide bonds. The van der Waals surface area contributed by atoms with Gasteiger partial charge in [0.1, 0.15) is 0 Å². The highest BCUT2D eigenvalue weighted by Gasteiger charge is 2.36. The number of fused-ring (bicyclic) bond motifs is 1. The summed E-state index contributed by atoms with van der Waals surface area (Å²) in [6.07, 6.45) is 2.75. The van der Waals surface area contributed by atoms with E-state index in [1.807, 2.05) is 12.1 Å². The summed E-state index contributed by atoms with van der Waals surface area (Å²) in [7, 11) is 0. The van der Waals surface area contributed by atoms with Gasteiger partial charge in [0.05, 0.1) is 11.2 Å². The lowest BCUT2D eigenvalue weighted by Crippen LogP contribution is -2.42. The van der Waals surface area contributed by atoms with Crippen LogP contribution < -0.4 is 0 Å². The summed E-state index contributed by atoms with van der Waals surface area (Å²) in [4.78, 5) is 0. The maximum atomic E-state index is 10.5. The Hall–Kier alpha value is -0.860. The molecular weight excluding hydrogens is 200 g/mol. The molecule has 1 aliphatic rings. The molecule has 0 heterocycles. The van der Waals surface area contributed by atoms with E-state index in [2.05, 4.69) is 12.1 Å². The normalized spacial score (nSPS) is 25.2. The minimum atomic E-state index is -0.805. The average Bonchev–Trinajstić information content (AvgIpc) is 2.14. The molecule has 1 aliphatic carbocycles. The molecule has 16 heavy (non-hydrogen) atoms. The fraction of sp³-hybridized carbons (Fsp3) is 0.571. The van der Waals surface area contributed by atoms with Gasteiger partial charge in [-0.05, 0) is 37.8 Å². The van der Waals surface area contributed by atoms with E-state index in [1.165, 1.54) is 11.1 Å². The first-order valence-corrected chi connectivity index (χ1v) is 5.90. The van der Waals surface area contributed by atoms with Gasteiger partial charge in [0.25, 0.3) is 0 Å². The Morgan fingerprint density at radius 3 is 2.50 bits per heavy atom. The van der Waals surface area contributed by atoms with Crippen LogP contribution >= 0.6 is 0 Å². The van der Waals surface area contributed by atoms with Crippen molar-refractivity contribution in [3.8, 4) is 0 Å². The highest BCUT2D eigenvalue weighted by molar-refractivity contribution is 5.31. The molecule has 1 aromatic carbocycles. The third-order valence-electron chi connectivity index (χ3n) is 3.26. The van der Waals surface area contributed by atoms with Crippen LogP contribution in [-0.4, -0.2) is 21.4 Å². The van der Waals surface area contributed by atoms with Gasteiger partial charge in [0.2, 0.25) is 0 Å². The second kappa shape index (κ2) is 3.86. The second-order valence-corrected chi connectivity index (χ2v) is 5.66. The topological polar surface area (TPSA) is 40.5 Å². The zero-order valence-electron chi connectivity index (χ0n) is 10.0. The van der Waals surface area contributed by atoms with Gasteiger partial charge in [0.15, 0.2) is 0 Å². The van der Waals surface area contributed by atoms with Gasteiger partial charge < -0.3 is 10.2 Å². The van der Waals surface area contributed by atoms with E-state index in [1.54, 1.807) is 13.8 Å². The highest BCUT2D eigenvalue weighted by atomic mass is 16.3. The Bertz CT molecular complexity index is 379. The number of aliphatic hydroxyl groups is 2. The predicted molar refractivity (Wildman–Crippen MR) is 64.3 cm³/mol. The molecule has 0 saturated carbocycles. The molecule has 0 saturated heterocycles. The van der Waals surface area contributed by atoms with Gasteiger partial charge in [-0.1, -0.05) is 24.3 Å². The zero-order chi connectivity index (χ0) is 11.8. The molecule has 0 aromatic heterocycles. The zero-order valence-corrected chi connectivity index (χ0v) is 10.0. The lowest BCUT2D eigenvalue weighted by atomic mass is 9.75. The molecule has 0 radical (unpaired) electrons. The number of aryl methyl sites for hydroxylation is 1. The van der Waals surface area contributed by atoms with Crippen molar-refractivity contribution in [2.75, 3.05) is 0 Å². The number of rotatable bonds is 2. The van der Waals surface area contributed by atoms with E-state index in [-0.39, 0.29) is 0 Å². The molecule has 1 aromatic rings. The average molecular weight is 220 g/mol. The lowest BCUT2D eigenvalue weighted by molar-refractivity contribution is -0.0537. The third kappa shape index (κ3) is 2.63. The van der Waals surface area contributed by atoms with Crippen LogP contribution in [0.3, 0.4) is 0 Å². The van der Waals surface area contributed by atoms with Crippen molar-refractivity contribution in [1.82, 2.24) is 0 Å². The summed E-state index contributed by atoms with van der Waals surface area (Å²) in [6, 6.07) is 8.25. The molecule has 0 aliphatic heterocycles. The smallest absolute Gasteiger partial charge is 0.0718 e. The second-order valence-electron chi connectivity index (χ2n) is 5.66. The Morgan fingerprint density at radius 2 is 1.88 bits per heavy atom. The van der Waals surface area contributed by atoms with Crippen LogP contribution in [0, 0.1) is 0 Å². The summed E-state index contributed by atoms with van der Waals surface area (Å²) < 4.78 is 0. The maximum Gasteiger partial charge on any atom is 0.0718 e. The standard InChI is InChI=1S/C14H20O2/c1-13(2,15)10-14(16)8-7-11-5-3-4-6-12(11)9-14/h3-6,15-16H,7-10H2,1-2H3/t14-/m1/s1. The molecule has 2 nitrogen and oxygen atoms in total. The molecule has 0 fully saturated rings. The molecule has 88 valence electrons. The van der Waals surface area contributed by atoms with Crippen LogP contribution in [0.25, 0.3) is 0 Å². The minimum Gasteiger partial charge on any atom is -0.390 e. The van der Waals surface area contributed by atoms with Crippen LogP contribution in [0.15, 0.2) is 24.3 Å². The molecule has 2 rings (SSSR count). The SMILES string of the molecule is CC(C)(O)C[C@@]1(O)CCc2ccccc2C1. The lowest BCUT2D eigenvalue weighted by Gasteiger charge is -2.37. The largest absolute Gasteiger partial charge is 0.390 e. The van der Waals surface area contributed by atoms with E-state index in [4.69, 9.17) is 0 Å². The summed E-state index contributed by atoms with van der Waals surface area (Å²) in [6.45, 7) is 3.51. The van der Waals surface area contributed by atoms with Crippen molar-refractivity contribution in [2.24, 2.45) is 0 Å². The summed E-state index contributed by atoms with van der Waals surface area (Å²) in [5.74, 6) is 0. The van der Waals surface area contributed by atoms with Crippen molar-refractivity contribution < 1.29 is 10.2 Å². The Morgan fingerprint density at radius 1 is 1.25 bits per heavy atom.